The molecule has 18 heavy (non-hydrogen) atoms. The summed E-state index contributed by atoms with van der Waals surface area (Å²) in [6, 6.07) is 3.78. The molecule has 0 saturated carbocycles. The molecule has 1 atom stereocenters. The summed E-state index contributed by atoms with van der Waals surface area (Å²) in [6.07, 6.45) is 1.81. The monoisotopic (exact) mass is 271 g/mol. The molecule has 3 N–H and O–H groups in total. The van der Waals surface area contributed by atoms with Crippen molar-refractivity contribution in [1.82, 2.24) is 5.32 Å². The Morgan fingerprint density at radius 3 is 2.72 bits per heavy atom. The molecule has 0 aromatic carbocycles. The lowest BCUT2D eigenvalue weighted by Crippen LogP contribution is -2.37. The van der Waals surface area contributed by atoms with Crippen LogP contribution in [-0.4, -0.2) is 28.3 Å². The van der Waals surface area contributed by atoms with Crippen molar-refractivity contribution in [1.29, 1.82) is 0 Å². The van der Waals surface area contributed by atoms with E-state index in [9.17, 15) is 9.90 Å². The summed E-state index contributed by atoms with van der Waals surface area (Å²) < 4.78 is 0. The third kappa shape index (κ3) is 5.62. The van der Waals surface area contributed by atoms with E-state index in [0.717, 1.165) is 22.6 Å². The molecule has 5 heteroatoms. The van der Waals surface area contributed by atoms with Gasteiger partial charge in [0.1, 0.15) is 0 Å². The van der Waals surface area contributed by atoms with Crippen LogP contribution in [0.3, 0.4) is 0 Å². The predicted molar refractivity (Wildman–Crippen MR) is 72.9 cm³/mol. The minimum Gasteiger partial charge on any atom is -0.481 e. The molecule has 1 unspecified atom stereocenters. The summed E-state index contributed by atoms with van der Waals surface area (Å²) in [5.41, 5.74) is -0.671. The molecule has 0 spiro atoms. The summed E-state index contributed by atoms with van der Waals surface area (Å²) in [4.78, 5) is 12.5. The molecule has 0 amide bonds. The molecule has 4 nitrogen and oxygen atoms in total. The second kappa shape index (κ2) is 6.87. The average molecular weight is 271 g/mol. The van der Waals surface area contributed by atoms with Crippen molar-refractivity contribution in [2.75, 3.05) is 6.54 Å². The van der Waals surface area contributed by atoms with Gasteiger partial charge in [-0.15, -0.1) is 11.3 Å². The molecule has 0 aliphatic heterocycles. The predicted octanol–water partition coefficient (Wildman–Crippen LogP) is 2.02. The van der Waals surface area contributed by atoms with Gasteiger partial charge in [0.05, 0.1) is 12.0 Å². The number of carboxylic acid groups (broad SMARTS) is 1. The van der Waals surface area contributed by atoms with Crippen molar-refractivity contribution in [3.05, 3.63) is 21.9 Å². The number of nitrogens with one attached hydrogen (secondary N) is 1. The average Bonchev–Trinajstić information content (AvgIpc) is 2.64. The van der Waals surface area contributed by atoms with Gasteiger partial charge >= 0.3 is 5.97 Å². The summed E-state index contributed by atoms with van der Waals surface area (Å²) in [7, 11) is 0. The largest absolute Gasteiger partial charge is 0.481 e. The van der Waals surface area contributed by atoms with E-state index < -0.39 is 11.6 Å². The molecule has 0 bridgehead atoms. The van der Waals surface area contributed by atoms with Crippen molar-refractivity contribution in [3.8, 4) is 0 Å². The third-order valence-electron chi connectivity index (χ3n) is 2.64. The van der Waals surface area contributed by atoms with Crippen LogP contribution in [-0.2, 0) is 17.8 Å². The first-order valence-corrected chi connectivity index (χ1v) is 6.97. The van der Waals surface area contributed by atoms with Crippen LogP contribution in [0.1, 0.15) is 36.4 Å². The van der Waals surface area contributed by atoms with E-state index in [0.29, 0.717) is 13.1 Å². The molecule has 1 rings (SSSR count). The lowest BCUT2D eigenvalue weighted by atomic mass is 10.0. The Balaban J connectivity index is 2.35. The summed E-state index contributed by atoms with van der Waals surface area (Å²) in [5.74, 6) is -0.803. The number of aliphatic hydroxyl groups is 1. The van der Waals surface area contributed by atoms with Gasteiger partial charge in [-0.2, -0.15) is 0 Å². The second-order valence-corrected chi connectivity index (χ2v) is 6.04. The second-order valence-electron chi connectivity index (χ2n) is 4.79. The van der Waals surface area contributed by atoms with Gasteiger partial charge in [-0.3, -0.25) is 4.79 Å². The molecule has 0 saturated heterocycles. The first-order chi connectivity index (χ1) is 8.43. The highest BCUT2D eigenvalue weighted by Gasteiger charge is 2.18. The van der Waals surface area contributed by atoms with E-state index in [1.807, 2.05) is 26.0 Å². The number of thiophene rings is 1. The van der Waals surface area contributed by atoms with Crippen LogP contribution in [0.5, 0.6) is 0 Å². The zero-order valence-electron chi connectivity index (χ0n) is 10.9. The Labute approximate surface area is 112 Å². The van der Waals surface area contributed by atoms with E-state index in [4.69, 9.17) is 5.11 Å². The summed E-state index contributed by atoms with van der Waals surface area (Å²) in [5, 5.41) is 21.9. The van der Waals surface area contributed by atoms with Crippen LogP contribution < -0.4 is 5.32 Å². The molecule has 102 valence electrons. The molecular weight excluding hydrogens is 250 g/mol. The van der Waals surface area contributed by atoms with Crippen LogP contribution in [0.25, 0.3) is 0 Å². The number of hydrogen-bond donors (Lipinski definition) is 3. The van der Waals surface area contributed by atoms with Crippen molar-refractivity contribution >= 4 is 17.3 Å². The number of aliphatic carboxylic acids is 1. The number of carbonyl (C=O) groups is 1. The fourth-order valence-corrected chi connectivity index (χ4v) is 2.82. The Bertz CT molecular complexity index is 387. The summed E-state index contributed by atoms with van der Waals surface area (Å²) in [6.45, 7) is 5.09. The standard InChI is InChI=1S/C13H21NO3S/c1-3-6-13(2,17)9-14-8-11-5-4-10(18-11)7-12(15)16/h4-5,14,17H,3,6-9H2,1-2H3,(H,15,16). The number of rotatable bonds is 8. The Morgan fingerprint density at radius 2 is 2.11 bits per heavy atom. The molecule has 1 aromatic heterocycles. The molecule has 0 aliphatic rings. The highest BCUT2D eigenvalue weighted by Crippen LogP contribution is 2.17. The smallest absolute Gasteiger partial charge is 0.308 e. The van der Waals surface area contributed by atoms with Crippen molar-refractivity contribution in [2.24, 2.45) is 0 Å². The van der Waals surface area contributed by atoms with E-state index in [1.54, 1.807) is 0 Å². The first-order valence-electron chi connectivity index (χ1n) is 6.15. The molecule has 0 fully saturated rings. The Hall–Kier alpha value is -0.910. The van der Waals surface area contributed by atoms with Crippen molar-refractivity contribution in [3.63, 3.8) is 0 Å². The van der Waals surface area contributed by atoms with Gasteiger partial charge in [-0.1, -0.05) is 13.3 Å². The van der Waals surface area contributed by atoms with E-state index in [-0.39, 0.29) is 6.42 Å². The molecule has 1 aromatic rings. The lowest BCUT2D eigenvalue weighted by molar-refractivity contribution is -0.136. The zero-order valence-corrected chi connectivity index (χ0v) is 11.7. The third-order valence-corrected chi connectivity index (χ3v) is 3.72. The van der Waals surface area contributed by atoms with Gasteiger partial charge in [-0.05, 0) is 25.5 Å². The van der Waals surface area contributed by atoms with Crippen LogP contribution in [0.4, 0.5) is 0 Å². The van der Waals surface area contributed by atoms with Crippen LogP contribution in [0, 0.1) is 0 Å². The van der Waals surface area contributed by atoms with E-state index in [1.165, 1.54) is 11.3 Å². The molecule has 1 heterocycles. The van der Waals surface area contributed by atoms with Gasteiger partial charge in [0.2, 0.25) is 0 Å². The van der Waals surface area contributed by atoms with Gasteiger partial charge < -0.3 is 15.5 Å². The number of carboxylic acids is 1. The number of hydrogen-bond acceptors (Lipinski definition) is 4. The zero-order chi connectivity index (χ0) is 13.6. The topological polar surface area (TPSA) is 69.6 Å². The fraction of sp³-hybridized carbons (Fsp3) is 0.615. The van der Waals surface area contributed by atoms with Gasteiger partial charge in [0.15, 0.2) is 0 Å². The van der Waals surface area contributed by atoms with Crippen LogP contribution in [0.15, 0.2) is 12.1 Å². The normalized spacial score (nSPS) is 14.4. The lowest BCUT2D eigenvalue weighted by Gasteiger charge is -2.22. The quantitative estimate of drug-likeness (QED) is 0.676. The maximum atomic E-state index is 10.6. The van der Waals surface area contributed by atoms with Crippen molar-refractivity contribution < 1.29 is 15.0 Å². The Kier molecular flexibility index (Phi) is 5.78. The first kappa shape index (κ1) is 15.1. The van der Waals surface area contributed by atoms with Gasteiger partial charge in [0.25, 0.3) is 0 Å². The minimum atomic E-state index is -0.803. The van der Waals surface area contributed by atoms with Crippen LogP contribution in [0.2, 0.25) is 0 Å². The van der Waals surface area contributed by atoms with Gasteiger partial charge in [0, 0.05) is 22.8 Å². The maximum Gasteiger partial charge on any atom is 0.308 e. The molecular formula is C13H21NO3S. The summed E-state index contributed by atoms with van der Waals surface area (Å²) >= 11 is 1.50. The minimum absolute atomic E-state index is 0.0816. The van der Waals surface area contributed by atoms with Crippen molar-refractivity contribution in [2.45, 2.75) is 45.3 Å². The molecule has 0 aliphatic carbocycles. The fourth-order valence-electron chi connectivity index (χ4n) is 1.84. The van der Waals surface area contributed by atoms with E-state index >= 15 is 0 Å². The highest BCUT2D eigenvalue weighted by molar-refractivity contribution is 7.12. The highest BCUT2D eigenvalue weighted by atomic mass is 32.1. The van der Waals surface area contributed by atoms with Gasteiger partial charge in [-0.25, -0.2) is 0 Å². The SMILES string of the molecule is CCCC(C)(O)CNCc1ccc(CC(=O)O)s1. The van der Waals surface area contributed by atoms with E-state index in [2.05, 4.69) is 5.32 Å². The maximum absolute atomic E-state index is 10.6. The van der Waals surface area contributed by atoms with Crippen LogP contribution >= 0.6 is 11.3 Å². The molecule has 0 radical (unpaired) electrons. The Morgan fingerprint density at radius 1 is 1.44 bits per heavy atom.